The van der Waals surface area contributed by atoms with E-state index in [2.05, 4.69) is 24.8 Å². The number of fused-ring (bicyclic) bond motifs is 1. The number of benzene rings is 2. The van der Waals surface area contributed by atoms with Crippen molar-refractivity contribution >= 4 is 5.91 Å². The predicted octanol–water partition coefficient (Wildman–Crippen LogP) is 3.22. The number of hydrogen-bond donors (Lipinski definition) is 2. The molecule has 2 aliphatic rings. The summed E-state index contributed by atoms with van der Waals surface area (Å²) < 4.78 is 5.25. The lowest BCUT2D eigenvalue weighted by Gasteiger charge is -2.36. The zero-order valence-corrected chi connectivity index (χ0v) is 20.8. The lowest BCUT2D eigenvalue weighted by atomic mass is 9.93. The van der Waals surface area contributed by atoms with Crippen LogP contribution in [-0.2, 0) is 19.5 Å². The fourth-order valence-electron chi connectivity index (χ4n) is 5.01. The molecule has 184 valence electrons. The molecule has 1 unspecified atom stereocenters. The summed E-state index contributed by atoms with van der Waals surface area (Å²) >= 11 is 0. The van der Waals surface area contributed by atoms with Crippen molar-refractivity contribution in [2.24, 2.45) is 0 Å². The molecule has 0 spiro atoms. The first kappa shape index (κ1) is 24.5. The van der Waals surface area contributed by atoms with E-state index in [0.717, 1.165) is 42.6 Å². The van der Waals surface area contributed by atoms with Crippen molar-refractivity contribution in [3.05, 3.63) is 58.7 Å². The van der Waals surface area contributed by atoms with Crippen LogP contribution in [0.2, 0.25) is 0 Å². The third-order valence-electron chi connectivity index (χ3n) is 7.47. The topological polar surface area (TPSA) is 76.5 Å². The number of methoxy groups -OCH3 is 1. The average Bonchev–Trinajstić information content (AvgIpc) is 3.29. The van der Waals surface area contributed by atoms with E-state index in [4.69, 9.17) is 4.74 Å². The quantitative estimate of drug-likeness (QED) is 0.651. The van der Waals surface area contributed by atoms with Gasteiger partial charge in [0.25, 0.3) is 5.91 Å². The van der Waals surface area contributed by atoms with Gasteiger partial charge >= 0.3 is 0 Å². The number of rotatable bonds is 7. The molecule has 7 heteroatoms. The van der Waals surface area contributed by atoms with Crippen molar-refractivity contribution < 1.29 is 19.7 Å². The zero-order chi connectivity index (χ0) is 24.5. The second kappa shape index (κ2) is 9.94. The van der Waals surface area contributed by atoms with Crippen LogP contribution in [0.1, 0.15) is 54.2 Å². The fraction of sp³-hybridized carbons (Fsp3) is 0.519. The Kier molecular flexibility index (Phi) is 7.17. The number of nitrogens with zero attached hydrogens (tertiary/aromatic N) is 3. The number of aromatic hydroxyl groups is 1. The Hall–Kier alpha value is -2.61. The van der Waals surface area contributed by atoms with Gasteiger partial charge in [0.1, 0.15) is 6.23 Å². The first-order valence-electron chi connectivity index (χ1n) is 12.1. The lowest BCUT2D eigenvalue weighted by molar-refractivity contribution is -0.0102. The van der Waals surface area contributed by atoms with Crippen LogP contribution in [0, 0.1) is 0 Å². The van der Waals surface area contributed by atoms with E-state index in [1.807, 2.05) is 34.1 Å². The normalized spacial score (nSPS) is 18.1. The van der Waals surface area contributed by atoms with Crippen LogP contribution >= 0.6 is 0 Å². The number of aliphatic hydroxyl groups excluding tert-OH is 1. The van der Waals surface area contributed by atoms with Crippen LogP contribution in [0.5, 0.6) is 11.5 Å². The minimum atomic E-state index is -0.475. The van der Waals surface area contributed by atoms with Gasteiger partial charge in [-0.2, -0.15) is 0 Å². The van der Waals surface area contributed by atoms with Gasteiger partial charge in [0.2, 0.25) is 0 Å². The number of carbonyl (C=O) groups is 1. The van der Waals surface area contributed by atoms with Gasteiger partial charge in [-0.15, -0.1) is 0 Å². The van der Waals surface area contributed by atoms with Crippen LogP contribution in [-0.4, -0.2) is 75.9 Å². The number of hydrogen-bond acceptors (Lipinski definition) is 6. The summed E-state index contributed by atoms with van der Waals surface area (Å²) in [5.74, 6) is 0.754. The molecular formula is C27H37N3O4. The Labute approximate surface area is 202 Å². The molecule has 2 aliphatic heterocycles. The highest BCUT2D eigenvalue weighted by molar-refractivity contribution is 5.96. The first-order chi connectivity index (χ1) is 16.2. The molecule has 2 N–H and O–H groups in total. The number of aliphatic hydroxyl groups is 1. The zero-order valence-electron chi connectivity index (χ0n) is 20.8. The van der Waals surface area contributed by atoms with Gasteiger partial charge in [0.05, 0.1) is 7.11 Å². The number of aryl methyl sites for hydroxylation is 1. The van der Waals surface area contributed by atoms with E-state index in [1.165, 1.54) is 5.56 Å². The molecule has 0 aliphatic carbocycles. The number of piperazine rings is 1. The summed E-state index contributed by atoms with van der Waals surface area (Å²) in [5.41, 5.74) is 4.25. The molecule has 4 rings (SSSR count). The summed E-state index contributed by atoms with van der Waals surface area (Å²) in [5, 5.41) is 19.7. The van der Waals surface area contributed by atoms with Gasteiger partial charge in [0, 0.05) is 50.4 Å². The van der Waals surface area contributed by atoms with E-state index < -0.39 is 6.23 Å². The van der Waals surface area contributed by atoms with Crippen molar-refractivity contribution in [3.63, 3.8) is 0 Å². The smallest absolute Gasteiger partial charge is 0.254 e. The second-order valence-corrected chi connectivity index (χ2v) is 10.1. The van der Waals surface area contributed by atoms with Crippen molar-refractivity contribution in [3.8, 4) is 11.5 Å². The fourth-order valence-corrected chi connectivity index (χ4v) is 5.01. The Balaban J connectivity index is 1.43. The van der Waals surface area contributed by atoms with Crippen molar-refractivity contribution in [2.75, 3.05) is 33.3 Å². The lowest BCUT2D eigenvalue weighted by Crippen LogP contribution is -2.51. The molecule has 0 bridgehead atoms. The number of phenolic OH excluding ortho intramolecular Hbond substituents is 1. The summed E-state index contributed by atoms with van der Waals surface area (Å²) in [6, 6.07) is 11.6. The van der Waals surface area contributed by atoms with Gasteiger partial charge in [-0.05, 0) is 68.5 Å². The number of amides is 1. The largest absolute Gasteiger partial charge is 0.504 e. The number of phenols is 1. The Morgan fingerprint density at radius 3 is 2.53 bits per heavy atom. The summed E-state index contributed by atoms with van der Waals surface area (Å²) in [6.07, 6.45) is 1.34. The van der Waals surface area contributed by atoms with Crippen LogP contribution in [0.25, 0.3) is 0 Å². The van der Waals surface area contributed by atoms with Gasteiger partial charge < -0.3 is 19.8 Å². The second-order valence-electron chi connectivity index (χ2n) is 10.1. The Morgan fingerprint density at radius 1 is 1.12 bits per heavy atom. The molecule has 2 heterocycles. The Bertz CT molecular complexity index is 1030. The maximum absolute atomic E-state index is 13.4. The molecule has 1 fully saturated rings. The van der Waals surface area contributed by atoms with Gasteiger partial charge in [-0.25, -0.2) is 0 Å². The highest BCUT2D eigenvalue weighted by Crippen LogP contribution is 2.35. The third kappa shape index (κ3) is 5.06. The number of ether oxygens (including phenoxy) is 1. The minimum Gasteiger partial charge on any atom is -0.504 e. The van der Waals surface area contributed by atoms with Gasteiger partial charge in [-0.3, -0.25) is 14.6 Å². The van der Waals surface area contributed by atoms with Crippen LogP contribution in [0.4, 0.5) is 0 Å². The van der Waals surface area contributed by atoms with Crippen molar-refractivity contribution in [1.29, 1.82) is 0 Å². The van der Waals surface area contributed by atoms with Crippen molar-refractivity contribution in [1.82, 2.24) is 14.7 Å². The van der Waals surface area contributed by atoms with Crippen LogP contribution < -0.4 is 4.74 Å². The van der Waals surface area contributed by atoms with E-state index >= 15 is 0 Å². The van der Waals surface area contributed by atoms with E-state index in [-0.39, 0.29) is 17.2 Å². The molecule has 2 aromatic carbocycles. The number of carbonyl (C=O) groups excluding carboxylic acids is 1. The summed E-state index contributed by atoms with van der Waals surface area (Å²) in [6.45, 7) is 10.5. The maximum Gasteiger partial charge on any atom is 0.254 e. The van der Waals surface area contributed by atoms with Crippen molar-refractivity contribution in [2.45, 2.75) is 58.5 Å². The Morgan fingerprint density at radius 2 is 1.85 bits per heavy atom. The van der Waals surface area contributed by atoms with Gasteiger partial charge in [0.15, 0.2) is 11.5 Å². The van der Waals surface area contributed by atoms with Crippen LogP contribution in [0.15, 0.2) is 36.4 Å². The maximum atomic E-state index is 13.4. The van der Waals surface area contributed by atoms with Crippen LogP contribution in [0.3, 0.4) is 0 Å². The highest BCUT2D eigenvalue weighted by Gasteiger charge is 2.34. The average molecular weight is 468 g/mol. The summed E-state index contributed by atoms with van der Waals surface area (Å²) in [4.78, 5) is 19.8. The minimum absolute atomic E-state index is 0.0622. The van der Waals surface area contributed by atoms with E-state index in [0.29, 0.717) is 31.9 Å². The van der Waals surface area contributed by atoms with Gasteiger partial charge in [-0.1, -0.05) is 18.2 Å². The molecule has 0 saturated carbocycles. The monoisotopic (exact) mass is 467 g/mol. The molecule has 0 aromatic heterocycles. The molecule has 1 atom stereocenters. The van der Waals surface area contributed by atoms with E-state index in [9.17, 15) is 15.0 Å². The predicted molar refractivity (Wildman–Crippen MR) is 132 cm³/mol. The third-order valence-corrected chi connectivity index (χ3v) is 7.47. The first-order valence-corrected chi connectivity index (χ1v) is 12.1. The molecule has 1 amide bonds. The molecule has 1 saturated heterocycles. The molecule has 0 radical (unpaired) electrons. The molecule has 7 nitrogen and oxygen atoms in total. The van der Waals surface area contributed by atoms with E-state index in [1.54, 1.807) is 20.1 Å². The molecule has 2 aromatic rings. The highest BCUT2D eigenvalue weighted by atomic mass is 16.5. The standard InChI is InChI=1S/C27H37N3O4/c1-19(31)28-12-14-29(15-13-28)26(33)22-7-5-6-21-17-30(18-23(21)22)27(2,3)11-10-20-8-9-24(32)25(16-20)34-4/h5-9,16,19,31-32H,10-15,17-18H2,1-4H3. The SMILES string of the molecule is COc1cc(CCC(C)(C)N2Cc3cccc(C(=O)N4CCN(C(C)O)CC4)c3C2)ccc1O. The molecule has 34 heavy (non-hydrogen) atoms. The molecular weight excluding hydrogens is 430 g/mol. The summed E-state index contributed by atoms with van der Waals surface area (Å²) in [7, 11) is 1.57.